The van der Waals surface area contributed by atoms with Crippen molar-refractivity contribution in [3.63, 3.8) is 0 Å². The number of halogens is 4. The minimum absolute atomic E-state index is 0. The third-order valence-corrected chi connectivity index (χ3v) is 4.49. The molecule has 0 spiro atoms. The highest BCUT2D eigenvalue weighted by molar-refractivity contribution is 6.30. The maximum atomic E-state index is 12.8. The molecule has 3 nitrogen and oxygen atoms in total. The Labute approximate surface area is 179 Å². The third-order valence-electron chi connectivity index (χ3n) is 4.26. The van der Waals surface area contributed by atoms with Crippen molar-refractivity contribution in [1.29, 1.82) is 0 Å². The molecule has 3 rings (SSSR count). The Morgan fingerprint density at radius 1 is 1.07 bits per heavy atom. The fraction of sp³-hybridized carbons (Fsp3) is 0.227. The van der Waals surface area contributed by atoms with Gasteiger partial charge in [-0.05, 0) is 67.3 Å². The van der Waals surface area contributed by atoms with E-state index < -0.39 is 12.2 Å². The first kappa shape index (κ1) is 23.1. The number of hydrogen-bond acceptors (Lipinski definition) is 3. The quantitative estimate of drug-likeness (QED) is 0.493. The largest absolute Gasteiger partial charge is 0.434 e. The highest BCUT2D eigenvalue weighted by Crippen LogP contribution is 2.34. The number of nitrogens with zero attached hydrogens (tertiary/aromatic N) is 1. The van der Waals surface area contributed by atoms with Crippen LogP contribution >= 0.6 is 24.0 Å². The van der Waals surface area contributed by atoms with Crippen LogP contribution in [0.15, 0.2) is 60.8 Å². The van der Waals surface area contributed by atoms with Crippen molar-refractivity contribution in [2.24, 2.45) is 0 Å². The van der Waals surface area contributed by atoms with Gasteiger partial charge in [0.2, 0.25) is 0 Å². The molecule has 1 heterocycles. The molecule has 1 N–H and O–H groups in total. The topological polar surface area (TPSA) is 42.4 Å². The summed E-state index contributed by atoms with van der Waals surface area (Å²) in [6, 6.07) is 15.7. The number of aromatic nitrogens is 1. The summed E-state index contributed by atoms with van der Waals surface area (Å²) in [6.45, 7) is 0.435. The van der Waals surface area contributed by atoms with Gasteiger partial charge in [0.1, 0.15) is 11.4 Å². The lowest BCUT2D eigenvalue weighted by atomic mass is 9.98. The molecule has 0 saturated carbocycles. The van der Waals surface area contributed by atoms with E-state index in [9.17, 15) is 13.9 Å². The fourth-order valence-corrected chi connectivity index (χ4v) is 3.08. The van der Waals surface area contributed by atoms with Crippen LogP contribution in [0.2, 0.25) is 5.02 Å². The molecule has 0 aliphatic rings. The van der Waals surface area contributed by atoms with Crippen LogP contribution in [0, 0.1) is 0 Å². The van der Waals surface area contributed by atoms with Crippen molar-refractivity contribution in [1.82, 2.24) is 4.98 Å². The second-order valence-electron chi connectivity index (χ2n) is 7.01. The van der Waals surface area contributed by atoms with Gasteiger partial charge in [0.05, 0.1) is 5.69 Å². The summed E-state index contributed by atoms with van der Waals surface area (Å²) in [7, 11) is 0. The summed E-state index contributed by atoms with van der Waals surface area (Å²) in [5.74, 6) is 0.0940. The average Bonchev–Trinajstić information content (AvgIpc) is 2.62. The molecule has 0 fully saturated rings. The molecule has 0 saturated heterocycles. The highest BCUT2D eigenvalue weighted by Gasteiger charge is 2.17. The van der Waals surface area contributed by atoms with Crippen LogP contribution in [0.1, 0.15) is 30.7 Å². The first-order valence-electron chi connectivity index (χ1n) is 8.74. The van der Waals surface area contributed by atoms with Crippen molar-refractivity contribution in [2.75, 3.05) is 0 Å². The number of hydrogen-bond donors (Lipinski definition) is 1. The standard InChI is InChI=1S/C22H20ClF2NO2.ClH/c1-22(2,27)20-9-7-15(13-26-20)10-14-6-8-19(28-21(24)25)18(11-14)16-4-3-5-17(23)12-16;/h3-9,11-13,21,27H,10H2,1-2H3;1H. The minimum atomic E-state index is -2.91. The number of pyridine rings is 1. The van der Waals surface area contributed by atoms with E-state index in [1.165, 1.54) is 6.07 Å². The van der Waals surface area contributed by atoms with Crippen LogP contribution in [0.4, 0.5) is 8.78 Å². The highest BCUT2D eigenvalue weighted by atomic mass is 35.5. The molecule has 0 radical (unpaired) electrons. The molecule has 0 bridgehead atoms. The maximum absolute atomic E-state index is 12.8. The molecule has 1 aromatic heterocycles. The maximum Gasteiger partial charge on any atom is 0.387 e. The van der Waals surface area contributed by atoms with Crippen molar-refractivity contribution in [3.8, 4) is 16.9 Å². The first-order valence-corrected chi connectivity index (χ1v) is 9.11. The van der Waals surface area contributed by atoms with E-state index in [2.05, 4.69) is 9.72 Å². The van der Waals surface area contributed by atoms with Gasteiger partial charge in [0, 0.05) is 16.8 Å². The molecular weight excluding hydrogens is 419 g/mol. The van der Waals surface area contributed by atoms with Gasteiger partial charge in [-0.3, -0.25) is 4.98 Å². The third kappa shape index (κ3) is 6.13. The van der Waals surface area contributed by atoms with E-state index >= 15 is 0 Å². The summed E-state index contributed by atoms with van der Waals surface area (Å²) >= 11 is 6.06. The van der Waals surface area contributed by atoms with E-state index in [0.29, 0.717) is 28.3 Å². The van der Waals surface area contributed by atoms with Gasteiger partial charge in [-0.1, -0.05) is 35.9 Å². The Balaban J connectivity index is 0.00000300. The Hall–Kier alpha value is -2.21. The SMILES string of the molecule is CC(C)(O)c1ccc(Cc2ccc(OC(F)F)c(-c3cccc(Cl)c3)c2)cn1.Cl. The van der Waals surface area contributed by atoms with Crippen LogP contribution in [0.3, 0.4) is 0 Å². The van der Waals surface area contributed by atoms with Crippen LogP contribution < -0.4 is 4.74 Å². The zero-order chi connectivity index (χ0) is 20.3. The Kier molecular flexibility index (Phi) is 7.58. The molecule has 29 heavy (non-hydrogen) atoms. The van der Waals surface area contributed by atoms with Gasteiger partial charge in [-0.25, -0.2) is 0 Å². The molecular formula is C22H21Cl2F2NO2. The smallest absolute Gasteiger partial charge is 0.387 e. The van der Waals surface area contributed by atoms with Gasteiger partial charge < -0.3 is 9.84 Å². The normalized spacial score (nSPS) is 11.3. The number of aliphatic hydroxyl groups is 1. The van der Waals surface area contributed by atoms with Crippen LogP contribution in [-0.2, 0) is 12.0 Å². The van der Waals surface area contributed by atoms with Crippen LogP contribution in [0.25, 0.3) is 11.1 Å². The number of ether oxygens (including phenoxy) is 1. The number of benzene rings is 2. The summed E-state index contributed by atoms with van der Waals surface area (Å²) < 4.78 is 30.3. The van der Waals surface area contributed by atoms with Crippen molar-refractivity contribution < 1.29 is 18.6 Å². The summed E-state index contributed by atoms with van der Waals surface area (Å²) in [6.07, 6.45) is 2.26. The van der Waals surface area contributed by atoms with Crippen molar-refractivity contribution in [3.05, 3.63) is 82.6 Å². The monoisotopic (exact) mass is 439 g/mol. The zero-order valence-electron chi connectivity index (χ0n) is 15.9. The van der Waals surface area contributed by atoms with E-state index in [0.717, 1.165) is 11.1 Å². The molecule has 2 aromatic carbocycles. The van der Waals surface area contributed by atoms with Crippen LogP contribution in [-0.4, -0.2) is 16.7 Å². The molecule has 0 atom stereocenters. The molecule has 7 heteroatoms. The van der Waals surface area contributed by atoms with Crippen LogP contribution in [0.5, 0.6) is 5.75 Å². The second-order valence-corrected chi connectivity index (χ2v) is 7.44. The molecule has 154 valence electrons. The predicted octanol–water partition coefficient (Wildman–Crippen LogP) is 6.24. The number of alkyl halides is 2. The van der Waals surface area contributed by atoms with Gasteiger partial charge in [-0.2, -0.15) is 8.78 Å². The molecule has 0 aliphatic heterocycles. The van der Waals surface area contributed by atoms with Gasteiger partial charge in [-0.15, -0.1) is 12.4 Å². The van der Waals surface area contributed by atoms with Gasteiger partial charge in [0.15, 0.2) is 0 Å². The molecule has 0 unspecified atom stereocenters. The van der Waals surface area contributed by atoms with E-state index in [-0.39, 0.29) is 18.2 Å². The summed E-state index contributed by atoms with van der Waals surface area (Å²) in [5.41, 5.74) is 2.66. The Morgan fingerprint density at radius 3 is 2.38 bits per heavy atom. The van der Waals surface area contributed by atoms with Gasteiger partial charge in [0.25, 0.3) is 0 Å². The number of rotatable bonds is 6. The lowest BCUT2D eigenvalue weighted by Crippen LogP contribution is -2.17. The molecule has 3 aromatic rings. The summed E-state index contributed by atoms with van der Waals surface area (Å²) in [4.78, 5) is 4.30. The fourth-order valence-electron chi connectivity index (χ4n) is 2.89. The Morgan fingerprint density at radius 2 is 1.79 bits per heavy atom. The van der Waals surface area contributed by atoms with E-state index in [1.807, 2.05) is 12.1 Å². The first-order chi connectivity index (χ1) is 13.2. The second kappa shape index (κ2) is 9.53. The minimum Gasteiger partial charge on any atom is -0.434 e. The average molecular weight is 440 g/mol. The zero-order valence-corrected chi connectivity index (χ0v) is 17.5. The van der Waals surface area contributed by atoms with Crippen molar-refractivity contribution >= 4 is 24.0 Å². The van der Waals surface area contributed by atoms with Crippen molar-refractivity contribution in [2.45, 2.75) is 32.5 Å². The lowest BCUT2D eigenvalue weighted by Gasteiger charge is -2.16. The summed E-state index contributed by atoms with van der Waals surface area (Å²) in [5, 5.41) is 10.5. The Bertz CT molecular complexity index is 958. The van der Waals surface area contributed by atoms with E-state index in [4.69, 9.17) is 11.6 Å². The van der Waals surface area contributed by atoms with Gasteiger partial charge >= 0.3 is 6.61 Å². The van der Waals surface area contributed by atoms with E-state index in [1.54, 1.807) is 56.4 Å². The molecule has 0 amide bonds. The molecule has 0 aliphatic carbocycles. The predicted molar refractivity (Wildman–Crippen MR) is 113 cm³/mol. The lowest BCUT2D eigenvalue weighted by molar-refractivity contribution is -0.0494.